The molecule has 3 heterocycles. The molecule has 3 fully saturated rings. The molecule has 1 saturated carbocycles. The van der Waals surface area contributed by atoms with Gasteiger partial charge in [0, 0.05) is 31.5 Å². The summed E-state index contributed by atoms with van der Waals surface area (Å²) in [6, 6.07) is 9.23. The van der Waals surface area contributed by atoms with Crippen LogP contribution in [0.5, 0.6) is 0 Å². The first-order valence-electron chi connectivity index (χ1n) is 11.9. The fourth-order valence-electron chi connectivity index (χ4n) is 5.41. The first kappa shape index (κ1) is 20.9. The van der Waals surface area contributed by atoms with Gasteiger partial charge in [-0.25, -0.2) is 4.68 Å². The Labute approximate surface area is 185 Å². The molecule has 7 heteroatoms. The van der Waals surface area contributed by atoms with Crippen molar-refractivity contribution in [1.29, 1.82) is 0 Å². The fraction of sp³-hybridized carbons (Fsp3) is 0.667. The van der Waals surface area contributed by atoms with Crippen molar-refractivity contribution in [2.24, 2.45) is 5.92 Å². The molecule has 0 unspecified atom stereocenters. The summed E-state index contributed by atoms with van der Waals surface area (Å²) in [5.41, 5.74) is 3.68. The zero-order valence-electron chi connectivity index (χ0n) is 18.8. The fourth-order valence-corrected chi connectivity index (χ4v) is 5.41. The van der Waals surface area contributed by atoms with Gasteiger partial charge in [-0.15, -0.1) is 5.10 Å². The van der Waals surface area contributed by atoms with Gasteiger partial charge in [-0.05, 0) is 24.5 Å². The van der Waals surface area contributed by atoms with Crippen LogP contribution in [-0.4, -0.2) is 60.6 Å². The van der Waals surface area contributed by atoms with Gasteiger partial charge in [0.1, 0.15) is 37.4 Å². The van der Waals surface area contributed by atoms with Gasteiger partial charge in [0.2, 0.25) is 0 Å². The zero-order chi connectivity index (χ0) is 21.2. The second-order valence-electron chi connectivity index (χ2n) is 9.73. The summed E-state index contributed by atoms with van der Waals surface area (Å²) in [5, 5.41) is 11.3. The first-order valence-corrected chi connectivity index (χ1v) is 11.9. The highest BCUT2D eigenvalue weighted by atomic mass is 16.6. The topological polar surface area (TPSA) is 69.0 Å². The standard InChI is InChI=1S/C24H35N5O2/c1-28(2)20-10-8-18(9-11-20)13-25-21-15-30-24-22(16-31-23(21)24)29-14-19(26-27-29)12-17-6-4-3-5-7-17/h8-11,14,17,21-25H,3-7,12-13,15-16H2,1-2H3/p+1/t21-,22-,23+,24+/m0/s1. The van der Waals surface area contributed by atoms with Crippen molar-refractivity contribution < 1.29 is 14.8 Å². The molecule has 2 aliphatic heterocycles. The first-order chi connectivity index (χ1) is 15.2. The quantitative estimate of drug-likeness (QED) is 0.733. The number of hydrogen-bond donors (Lipinski definition) is 1. The third-order valence-corrected chi connectivity index (χ3v) is 7.29. The molecule has 7 nitrogen and oxygen atoms in total. The van der Waals surface area contributed by atoms with Crippen LogP contribution in [0.4, 0.5) is 5.69 Å². The predicted octanol–water partition coefficient (Wildman–Crippen LogP) is 1.94. The average molecular weight is 427 g/mol. The highest BCUT2D eigenvalue weighted by Crippen LogP contribution is 2.33. The van der Waals surface area contributed by atoms with E-state index in [1.165, 1.54) is 43.4 Å². The van der Waals surface area contributed by atoms with Gasteiger partial charge < -0.3 is 19.7 Å². The molecule has 0 bridgehead atoms. The van der Waals surface area contributed by atoms with E-state index in [9.17, 15) is 0 Å². The molecule has 1 aromatic heterocycles. The molecule has 0 radical (unpaired) electrons. The molecular weight excluding hydrogens is 390 g/mol. The van der Waals surface area contributed by atoms with Crippen LogP contribution in [-0.2, 0) is 22.4 Å². The van der Waals surface area contributed by atoms with Crippen LogP contribution in [0.1, 0.15) is 49.4 Å². The minimum Gasteiger partial charge on any atom is -0.378 e. The van der Waals surface area contributed by atoms with Gasteiger partial charge in [0.15, 0.2) is 0 Å². The Hall–Kier alpha value is -1.96. The lowest BCUT2D eigenvalue weighted by atomic mass is 9.86. The number of nitrogens with zero attached hydrogens (tertiary/aromatic N) is 4. The van der Waals surface area contributed by atoms with E-state index < -0.39 is 0 Å². The number of aromatic nitrogens is 3. The van der Waals surface area contributed by atoms with Crippen molar-refractivity contribution >= 4 is 5.69 Å². The highest BCUT2D eigenvalue weighted by Gasteiger charge is 2.50. The molecule has 2 aromatic rings. The van der Waals surface area contributed by atoms with Crippen LogP contribution in [0.15, 0.2) is 30.5 Å². The van der Waals surface area contributed by atoms with Crippen LogP contribution < -0.4 is 10.2 Å². The third kappa shape index (κ3) is 4.64. The minimum atomic E-state index is 0.0709. The molecule has 168 valence electrons. The molecule has 2 saturated heterocycles. The number of anilines is 1. The lowest BCUT2D eigenvalue weighted by Crippen LogP contribution is -2.91. The Kier molecular flexibility index (Phi) is 6.25. The van der Waals surface area contributed by atoms with E-state index in [1.54, 1.807) is 0 Å². The summed E-state index contributed by atoms with van der Waals surface area (Å²) < 4.78 is 14.4. The SMILES string of the molecule is CN(C)c1ccc(C[NH2+][C@H]2CO[C@H]3[C@@H]2OC[C@@H]3n2cc(CC3CCCCC3)nn2)cc1. The van der Waals surface area contributed by atoms with Crippen molar-refractivity contribution in [2.45, 2.75) is 69.4 Å². The van der Waals surface area contributed by atoms with Gasteiger partial charge in [0.25, 0.3) is 0 Å². The van der Waals surface area contributed by atoms with Crippen molar-refractivity contribution in [3.05, 3.63) is 41.7 Å². The Bertz CT molecular complexity index is 846. The Balaban J connectivity index is 1.15. The maximum Gasteiger partial charge on any atom is 0.140 e. The summed E-state index contributed by atoms with van der Waals surface area (Å²) in [5.74, 6) is 0.778. The van der Waals surface area contributed by atoms with E-state index in [1.807, 2.05) is 4.68 Å². The summed E-state index contributed by atoms with van der Waals surface area (Å²) in [6.45, 7) is 2.32. The van der Waals surface area contributed by atoms with Crippen molar-refractivity contribution in [3.63, 3.8) is 0 Å². The second-order valence-corrected chi connectivity index (χ2v) is 9.73. The Morgan fingerprint density at radius 3 is 2.58 bits per heavy atom. The maximum absolute atomic E-state index is 6.20. The molecule has 1 aliphatic carbocycles. The maximum atomic E-state index is 6.20. The van der Waals surface area contributed by atoms with E-state index in [2.05, 4.69) is 65.1 Å². The number of nitrogens with two attached hydrogens (primary N) is 1. The van der Waals surface area contributed by atoms with Crippen LogP contribution in [0.3, 0.4) is 0 Å². The van der Waals surface area contributed by atoms with E-state index >= 15 is 0 Å². The molecule has 1 aromatic carbocycles. The van der Waals surface area contributed by atoms with Gasteiger partial charge in [-0.1, -0.05) is 49.5 Å². The molecule has 2 N–H and O–H groups in total. The van der Waals surface area contributed by atoms with E-state index in [0.717, 1.165) is 31.2 Å². The van der Waals surface area contributed by atoms with E-state index in [4.69, 9.17) is 9.47 Å². The van der Waals surface area contributed by atoms with Crippen LogP contribution in [0.2, 0.25) is 0 Å². The molecular formula is C24H36N5O2+. The van der Waals surface area contributed by atoms with Gasteiger partial charge >= 0.3 is 0 Å². The highest BCUT2D eigenvalue weighted by molar-refractivity contribution is 5.45. The number of fused-ring (bicyclic) bond motifs is 1. The van der Waals surface area contributed by atoms with Gasteiger partial charge in [0.05, 0.1) is 12.3 Å². The van der Waals surface area contributed by atoms with Crippen LogP contribution in [0, 0.1) is 5.92 Å². The second kappa shape index (κ2) is 9.27. The molecule has 4 atom stereocenters. The van der Waals surface area contributed by atoms with E-state index in [-0.39, 0.29) is 18.2 Å². The minimum absolute atomic E-state index is 0.0709. The molecule has 0 amide bonds. The lowest BCUT2D eigenvalue weighted by Gasteiger charge is -2.20. The lowest BCUT2D eigenvalue weighted by molar-refractivity contribution is -0.707. The normalized spacial score (nSPS) is 28.7. The Morgan fingerprint density at radius 2 is 1.81 bits per heavy atom. The monoisotopic (exact) mass is 426 g/mol. The Morgan fingerprint density at radius 1 is 1.03 bits per heavy atom. The predicted molar refractivity (Wildman–Crippen MR) is 119 cm³/mol. The van der Waals surface area contributed by atoms with Crippen molar-refractivity contribution in [3.8, 4) is 0 Å². The largest absolute Gasteiger partial charge is 0.378 e. The summed E-state index contributed by atoms with van der Waals surface area (Å²) >= 11 is 0. The third-order valence-electron chi connectivity index (χ3n) is 7.29. The number of quaternary nitrogens is 1. The van der Waals surface area contributed by atoms with E-state index in [0.29, 0.717) is 12.6 Å². The molecule has 0 spiro atoms. The van der Waals surface area contributed by atoms with Crippen LogP contribution in [0.25, 0.3) is 0 Å². The zero-order valence-corrected chi connectivity index (χ0v) is 18.8. The van der Waals surface area contributed by atoms with Crippen molar-refractivity contribution in [1.82, 2.24) is 15.0 Å². The van der Waals surface area contributed by atoms with Gasteiger partial charge in [-0.3, -0.25) is 0 Å². The van der Waals surface area contributed by atoms with Crippen molar-refractivity contribution in [2.75, 3.05) is 32.2 Å². The molecule has 3 aliphatic rings. The summed E-state index contributed by atoms with van der Waals surface area (Å²) in [7, 11) is 4.14. The number of rotatable bonds is 7. The van der Waals surface area contributed by atoms with Crippen LogP contribution >= 0.6 is 0 Å². The number of hydrogen-bond acceptors (Lipinski definition) is 5. The molecule has 31 heavy (non-hydrogen) atoms. The number of benzene rings is 1. The smallest absolute Gasteiger partial charge is 0.140 e. The number of ether oxygens (including phenoxy) is 2. The summed E-state index contributed by atoms with van der Waals surface area (Å²) in [4.78, 5) is 2.13. The average Bonchev–Trinajstić information content (AvgIpc) is 3.50. The van der Waals surface area contributed by atoms with Gasteiger partial charge in [-0.2, -0.15) is 0 Å². The molecule has 5 rings (SSSR count). The summed E-state index contributed by atoms with van der Waals surface area (Å²) in [6.07, 6.45) is 10.2.